The highest BCUT2D eigenvalue weighted by Gasteiger charge is 2.43. The summed E-state index contributed by atoms with van der Waals surface area (Å²) in [4.78, 5) is 4.40. The highest BCUT2D eigenvalue weighted by atomic mass is 79.9. The van der Waals surface area contributed by atoms with Crippen LogP contribution in [-0.2, 0) is 0 Å². The molecule has 3 nitrogen and oxygen atoms in total. The summed E-state index contributed by atoms with van der Waals surface area (Å²) < 4.78 is 1.00. The van der Waals surface area contributed by atoms with Crippen LogP contribution in [-0.4, -0.2) is 21.8 Å². The molecule has 100 valence electrons. The molecule has 2 aliphatic carbocycles. The van der Waals surface area contributed by atoms with Gasteiger partial charge in [-0.05, 0) is 60.2 Å². The van der Waals surface area contributed by atoms with Gasteiger partial charge in [-0.25, -0.2) is 4.98 Å². The predicted molar refractivity (Wildman–Crippen MR) is 79.9 cm³/mol. The number of hydrogen-bond donors (Lipinski definition) is 1. The molecular formula is C14H16BrN3S. The van der Waals surface area contributed by atoms with E-state index in [2.05, 4.69) is 32.3 Å². The van der Waals surface area contributed by atoms with Gasteiger partial charge in [-0.3, -0.25) is 5.32 Å². The lowest BCUT2D eigenvalue weighted by Gasteiger charge is -2.22. The Morgan fingerprint density at radius 3 is 2.89 bits per heavy atom. The maximum atomic E-state index is 9.47. The Morgan fingerprint density at radius 1 is 1.42 bits per heavy atom. The smallest absolute Gasteiger partial charge is 0.108 e. The maximum absolute atomic E-state index is 9.47. The first-order valence-corrected chi connectivity index (χ1v) is 8.34. The first-order valence-electron chi connectivity index (χ1n) is 6.66. The molecule has 2 saturated carbocycles. The van der Waals surface area contributed by atoms with Crippen molar-refractivity contribution in [3.63, 3.8) is 0 Å². The Bertz CT molecular complexity index is 494. The Labute approximate surface area is 126 Å². The molecule has 0 saturated heterocycles. The summed E-state index contributed by atoms with van der Waals surface area (Å²) in [6.07, 6.45) is 7.29. The molecule has 0 aromatic carbocycles. The van der Waals surface area contributed by atoms with Crippen molar-refractivity contribution in [2.75, 3.05) is 0 Å². The lowest BCUT2D eigenvalue weighted by Crippen LogP contribution is -2.43. The number of pyridine rings is 1. The molecular weight excluding hydrogens is 322 g/mol. The van der Waals surface area contributed by atoms with E-state index in [0.29, 0.717) is 11.3 Å². The summed E-state index contributed by atoms with van der Waals surface area (Å²) in [5.41, 5.74) is -0.284. The van der Waals surface area contributed by atoms with E-state index in [4.69, 9.17) is 0 Å². The summed E-state index contributed by atoms with van der Waals surface area (Å²) >= 11 is 5.20. The molecule has 1 heterocycles. The van der Waals surface area contributed by atoms with E-state index in [1.54, 1.807) is 11.8 Å². The van der Waals surface area contributed by atoms with Gasteiger partial charge in [-0.15, -0.1) is 11.8 Å². The Hall–Kier alpha value is -0.570. The molecule has 2 atom stereocenters. The monoisotopic (exact) mass is 337 g/mol. The van der Waals surface area contributed by atoms with E-state index in [1.165, 1.54) is 12.8 Å². The zero-order valence-corrected chi connectivity index (χ0v) is 13.0. The van der Waals surface area contributed by atoms with Gasteiger partial charge in [0.15, 0.2) is 0 Å². The second kappa shape index (κ2) is 5.43. The van der Waals surface area contributed by atoms with E-state index >= 15 is 0 Å². The maximum Gasteiger partial charge on any atom is 0.108 e. The van der Waals surface area contributed by atoms with Crippen LogP contribution in [0.4, 0.5) is 0 Å². The van der Waals surface area contributed by atoms with Crippen molar-refractivity contribution in [1.29, 1.82) is 5.26 Å². The lowest BCUT2D eigenvalue weighted by atomic mass is 10.00. The summed E-state index contributed by atoms with van der Waals surface area (Å²) in [5.74, 6) is 0. The highest BCUT2D eigenvalue weighted by molar-refractivity contribution is 9.10. The van der Waals surface area contributed by atoms with Crippen LogP contribution in [0.3, 0.4) is 0 Å². The summed E-state index contributed by atoms with van der Waals surface area (Å²) in [5, 5.41) is 14.6. The van der Waals surface area contributed by atoms with Crippen molar-refractivity contribution in [2.24, 2.45) is 0 Å². The molecule has 2 aliphatic rings. The molecule has 0 aliphatic heterocycles. The van der Waals surface area contributed by atoms with Gasteiger partial charge in [-0.2, -0.15) is 5.26 Å². The van der Waals surface area contributed by atoms with E-state index in [1.807, 2.05) is 18.3 Å². The summed E-state index contributed by atoms with van der Waals surface area (Å²) in [6, 6.07) is 7.17. The molecule has 2 unspecified atom stereocenters. The van der Waals surface area contributed by atoms with Crippen molar-refractivity contribution in [1.82, 2.24) is 10.3 Å². The fraction of sp³-hybridized carbons (Fsp3) is 0.571. The van der Waals surface area contributed by atoms with Gasteiger partial charge in [0.05, 0.1) is 11.1 Å². The minimum absolute atomic E-state index is 0.284. The van der Waals surface area contributed by atoms with Crippen LogP contribution in [0.25, 0.3) is 0 Å². The summed E-state index contributed by atoms with van der Waals surface area (Å²) in [7, 11) is 0. The second-order valence-corrected chi connectivity index (χ2v) is 7.65. The van der Waals surface area contributed by atoms with Crippen LogP contribution in [0.5, 0.6) is 0 Å². The minimum atomic E-state index is -0.284. The van der Waals surface area contributed by atoms with Crippen LogP contribution < -0.4 is 5.32 Å². The largest absolute Gasteiger partial charge is 0.297 e. The van der Waals surface area contributed by atoms with Gasteiger partial charge in [0, 0.05) is 22.0 Å². The van der Waals surface area contributed by atoms with Crippen LogP contribution >= 0.6 is 27.7 Å². The molecule has 0 spiro atoms. The number of nitrogens with one attached hydrogen (secondary N) is 1. The average molecular weight is 338 g/mol. The fourth-order valence-electron chi connectivity index (χ4n) is 2.59. The molecule has 0 radical (unpaired) electrons. The standard InChI is InChI=1S/C14H16BrN3S/c15-10-1-4-13(17-8-10)19-12-5-6-14(7-12,9-16)18-11-2-3-11/h1,4,8,11-12,18H,2-3,5-7H2. The molecule has 1 N–H and O–H groups in total. The third-order valence-corrected chi connectivity index (χ3v) is 5.42. The van der Waals surface area contributed by atoms with Crippen molar-refractivity contribution in [3.8, 4) is 6.07 Å². The zero-order valence-electron chi connectivity index (χ0n) is 10.6. The van der Waals surface area contributed by atoms with Gasteiger partial charge >= 0.3 is 0 Å². The zero-order chi connectivity index (χ0) is 13.3. The Balaban J connectivity index is 1.61. The summed E-state index contributed by atoms with van der Waals surface area (Å²) in [6.45, 7) is 0. The second-order valence-electron chi connectivity index (χ2n) is 5.41. The van der Waals surface area contributed by atoms with Gasteiger partial charge in [0.1, 0.15) is 5.54 Å². The third kappa shape index (κ3) is 3.31. The quantitative estimate of drug-likeness (QED) is 0.913. The van der Waals surface area contributed by atoms with Crippen molar-refractivity contribution in [3.05, 3.63) is 22.8 Å². The molecule has 0 amide bonds. The molecule has 19 heavy (non-hydrogen) atoms. The number of thioether (sulfide) groups is 1. The number of nitrogens with zero attached hydrogens (tertiary/aromatic N) is 2. The number of hydrogen-bond acceptors (Lipinski definition) is 4. The molecule has 2 fully saturated rings. The Morgan fingerprint density at radius 2 is 2.26 bits per heavy atom. The predicted octanol–water partition coefficient (Wildman–Crippen LogP) is 3.50. The lowest BCUT2D eigenvalue weighted by molar-refractivity contribution is 0.420. The van der Waals surface area contributed by atoms with Crippen LogP contribution in [0.2, 0.25) is 0 Å². The van der Waals surface area contributed by atoms with Gasteiger partial charge in [0.25, 0.3) is 0 Å². The molecule has 1 aromatic heterocycles. The topological polar surface area (TPSA) is 48.7 Å². The third-order valence-electron chi connectivity index (χ3n) is 3.73. The van der Waals surface area contributed by atoms with Crippen LogP contribution in [0, 0.1) is 11.3 Å². The van der Waals surface area contributed by atoms with E-state index in [0.717, 1.165) is 28.8 Å². The number of halogens is 1. The van der Waals surface area contributed by atoms with Crippen molar-refractivity contribution >= 4 is 27.7 Å². The molecule has 0 bridgehead atoms. The van der Waals surface area contributed by atoms with Crippen molar-refractivity contribution < 1.29 is 0 Å². The van der Waals surface area contributed by atoms with Crippen LogP contribution in [0.1, 0.15) is 32.1 Å². The molecule has 1 aromatic rings. The SMILES string of the molecule is N#CC1(NC2CC2)CCC(Sc2ccc(Br)cn2)C1. The first-order chi connectivity index (χ1) is 9.19. The fourth-order valence-corrected chi connectivity index (χ4v) is 4.03. The number of aromatic nitrogens is 1. The molecule has 3 rings (SSSR count). The van der Waals surface area contributed by atoms with E-state index in [-0.39, 0.29) is 5.54 Å². The minimum Gasteiger partial charge on any atom is -0.297 e. The first kappa shape index (κ1) is 13.4. The van der Waals surface area contributed by atoms with Gasteiger partial charge in [-0.1, -0.05) is 0 Å². The highest BCUT2D eigenvalue weighted by Crippen LogP contribution is 2.41. The van der Waals surface area contributed by atoms with E-state index < -0.39 is 0 Å². The number of rotatable bonds is 4. The van der Waals surface area contributed by atoms with E-state index in [9.17, 15) is 5.26 Å². The van der Waals surface area contributed by atoms with Crippen molar-refractivity contribution in [2.45, 2.75) is 54.0 Å². The average Bonchev–Trinajstić information content (AvgIpc) is 3.13. The van der Waals surface area contributed by atoms with Gasteiger partial charge < -0.3 is 0 Å². The van der Waals surface area contributed by atoms with Crippen LogP contribution in [0.15, 0.2) is 27.8 Å². The Kier molecular flexibility index (Phi) is 3.84. The normalized spacial score (nSPS) is 30.2. The number of nitriles is 1. The molecule has 5 heteroatoms. The van der Waals surface area contributed by atoms with Gasteiger partial charge in [0.2, 0.25) is 0 Å².